The molecule has 1 amide bonds. The van der Waals surface area contributed by atoms with E-state index in [0.717, 1.165) is 29.6 Å². The number of rotatable bonds is 5. The number of ether oxygens (including phenoxy) is 1. The van der Waals surface area contributed by atoms with E-state index in [1.54, 1.807) is 0 Å². The number of carbonyl (C=O) groups is 2. The number of aliphatic carboxylic acids is 1. The third-order valence-electron chi connectivity index (χ3n) is 5.42. The Morgan fingerprint density at radius 1 is 1.17 bits per heavy atom. The monoisotopic (exact) mass is 408 g/mol. The minimum absolute atomic E-state index is 0.218. The molecule has 1 atom stereocenters. The molecule has 1 aromatic rings. The van der Waals surface area contributed by atoms with Crippen LogP contribution in [-0.4, -0.2) is 74.6 Å². The number of nitrogens with zero attached hydrogens (tertiary/aromatic N) is 4. The second-order valence-corrected chi connectivity index (χ2v) is 6.97. The Morgan fingerprint density at radius 2 is 1.72 bits per heavy atom. The summed E-state index contributed by atoms with van der Waals surface area (Å²) >= 11 is 0. The standard InChI is InChI=1S/C17H20N4O8/c1-2-18-5-3-17(4-6-18)19(14(10-29-17)16(23)24)15(22)11-7-12(20(25)26)9-13(8-11)21(27)28/h7-9,14H,2-6,10H2,1H3,(H,23,24)/t14-/m1/s1. The first-order valence-corrected chi connectivity index (χ1v) is 9.05. The molecule has 0 bridgehead atoms. The first-order valence-electron chi connectivity index (χ1n) is 9.05. The summed E-state index contributed by atoms with van der Waals surface area (Å²) < 4.78 is 5.79. The van der Waals surface area contributed by atoms with Gasteiger partial charge < -0.3 is 14.7 Å². The number of piperidine rings is 1. The number of carbonyl (C=O) groups excluding carboxylic acids is 1. The minimum atomic E-state index is -1.28. The first-order chi connectivity index (χ1) is 13.7. The van der Waals surface area contributed by atoms with E-state index in [4.69, 9.17) is 4.74 Å². The molecular weight excluding hydrogens is 388 g/mol. The summed E-state index contributed by atoms with van der Waals surface area (Å²) in [6.45, 7) is 3.73. The maximum atomic E-state index is 13.3. The highest BCUT2D eigenvalue weighted by atomic mass is 16.6. The van der Waals surface area contributed by atoms with Crippen LogP contribution in [-0.2, 0) is 9.53 Å². The lowest BCUT2D eigenvalue weighted by Crippen LogP contribution is -2.58. The fourth-order valence-corrected chi connectivity index (χ4v) is 3.84. The van der Waals surface area contributed by atoms with E-state index in [-0.39, 0.29) is 12.2 Å². The SMILES string of the molecule is CCN1CCC2(CC1)OC[C@H](C(=O)O)N2C(=O)c1cc([N+](=O)[O-])cc([N+](=O)[O-])c1. The second-order valence-electron chi connectivity index (χ2n) is 6.97. The predicted molar refractivity (Wildman–Crippen MR) is 97.4 cm³/mol. The smallest absolute Gasteiger partial charge is 0.328 e. The maximum Gasteiger partial charge on any atom is 0.328 e. The summed E-state index contributed by atoms with van der Waals surface area (Å²) in [6, 6.07) is 1.30. The van der Waals surface area contributed by atoms with Gasteiger partial charge in [0.15, 0.2) is 6.04 Å². The number of hydrogen-bond donors (Lipinski definition) is 1. The Balaban J connectivity index is 2.03. The molecular formula is C17H20N4O8. The molecule has 0 saturated carbocycles. The number of non-ortho nitro benzene ring substituents is 2. The first kappa shape index (κ1) is 20.6. The molecule has 0 aliphatic carbocycles. The molecule has 1 spiro atoms. The van der Waals surface area contributed by atoms with Crippen molar-refractivity contribution in [2.45, 2.75) is 31.5 Å². The molecule has 2 saturated heterocycles. The third kappa shape index (κ3) is 3.76. The van der Waals surface area contributed by atoms with Crippen LogP contribution in [0.5, 0.6) is 0 Å². The van der Waals surface area contributed by atoms with E-state index in [0.29, 0.717) is 25.9 Å². The molecule has 2 aliphatic heterocycles. The molecule has 0 radical (unpaired) electrons. The van der Waals surface area contributed by atoms with Gasteiger partial charge in [0.25, 0.3) is 17.3 Å². The van der Waals surface area contributed by atoms with E-state index in [9.17, 15) is 34.9 Å². The highest BCUT2D eigenvalue weighted by Crippen LogP contribution is 2.39. The van der Waals surface area contributed by atoms with Crippen LogP contribution in [0.15, 0.2) is 18.2 Å². The number of amides is 1. The summed E-state index contributed by atoms with van der Waals surface area (Å²) in [5, 5.41) is 31.9. The van der Waals surface area contributed by atoms with Crippen LogP contribution >= 0.6 is 0 Å². The van der Waals surface area contributed by atoms with E-state index < -0.39 is 44.9 Å². The van der Waals surface area contributed by atoms with Gasteiger partial charge in [-0.1, -0.05) is 6.92 Å². The van der Waals surface area contributed by atoms with Crippen molar-refractivity contribution in [3.05, 3.63) is 44.0 Å². The maximum absolute atomic E-state index is 13.3. The van der Waals surface area contributed by atoms with Crippen molar-refractivity contribution in [3.8, 4) is 0 Å². The van der Waals surface area contributed by atoms with Crippen LogP contribution in [0.3, 0.4) is 0 Å². The summed E-state index contributed by atoms with van der Waals surface area (Å²) in [4.78, 5) is 48.8. The molecule has 3 rings (SSSR count). The Kier molecular flexibility index (Phi) is 5.48. The second kappa shape index (κ2) is 7.72. The largest absolute Gasteiger partial charge is 0.480 e. The van der Waals surface area contributed by atoms with Gasteiger partial charge in [-0.05, 0) is 6.54 Å². The molecule has 1 N–H and O–H groups in total. The lowest BCUT2D eigenvalue weighted by Gasteiger charge is -2.44. The highest BCUT2D eigenvalue weighted by molar-refractivity contribution is 5.98. The van der Waals surface area contributed by atoms with Crippen LogP contribution in [0.1, 0.15) is 30.1 Å². The number of carboxylic acids is 1. The average molecular weight is 408 g/mol. The van der Waals surface area contributed by atoms with Crippen LogP contribution in [0.25, 0.3) is 0 Å². The summed E-state index contributed by atoms with van der Waals surface area (Å²) in [5.74, 6) is -2.11. The van der Waals surface area contributed by atoms with Crippen LogP contribution in [0.4, 0.5) is 11.4 Å². The lowest BCUT2D eigenvalue weighted by molar-refractivity contribution is -0.394. The zero-order chi connectivity index (χ0) is 21.3. The van der Waals surface area contributed by atoms with Gasteiger partial charge in [-0.2, -0.15) is 0 Å². The molecule has 12 heteroatoms. The molecule has 0 aromatic heterocycles. The predicted octanol–water partition coefficient (Wildman–Crippen LogP) is 1.24. The van der Waals surface area contributed by atoms with Crippen LogP contribution in [0, 0.1) is 20.2 Å². The molecule has 2 heterocycles. The van der Waals surface area contributed by atoms with E-state index in [1.165, 1.54) is 0 Å². The van der Waals surface area contributed by atoms with Crippen LogP contribution < -0.4 is 0 Å². The fraction of sp³-hybridized carbons (Fsp3) is 0.529. The van der Waals surface area contributed by atoms with Gasteiger partial charge in [0.1, 0.15) is 5.72 Å². The molecule has 29 heavy (non-hydrogen) atoms. The molecule has 2 aliphatic rings. The molecule has 0 unspecified atom stereocenters. The zero-order valence-corrected chi connectivity index (χ0v) is 15.6. The van der Waals surface area contributed by atoms with Crippen molar-refractivity contribution >= 4 is 23.3 Å². The average Bonchev–Trinajstić information content (AvgIpc) is 3.06. The normalized spacial score (nSPS) is 21.3. The minimum Gasteiger partial charge on any atom is -0.480 e. The quantitative estimate of drug-likeness (QED) is 0.559. The van der Waals surface area contributed by atoms with Gasteiger partial charge in [-0.25, -0.2) is 4.79 Å². The van der Waals surface area contributed by atoms with Crippen molar-refractivity contribution in [2.75, 3.05) is 26.2 Å². The zero-order valence-electron chi connectivity index (χ0n) is 15.6. The Labute approximate surface area is 164 Å². The number of likely N-dealkylation sites (tertiary alicyclic amines) is 1. The number of benzene rings is 1. The lowest BCUT2D eigenvalue weighted by atomic mass is 9.96. The topological polar surface area (TPSA) is 156 Å². The van der Waals surface area contributed by atoms with Crippen LogP contribution in [0.2, 0.25) is 0 Å². The molecule has 156 valence electrons. The Bertz CT molecular complexity index is 833. The third-order valence-corrected chi connectivity index (χ3v) is 5.42. The van der Waals surface area contributed by atoms with E-state index in [2.05, 4.69) is 4.90 Å². The van der Waals surface area contributed by atoms with Gasteiger partial charge >= 0.3 is 5.97 Å². The Hall–Kier alpha value is -3.12. The number of nitro groups is 2. The van der Waals surface area contributed by atoms with Gasteiger partial charge in [-0.3, -0.25) is 29.9 Å². The van der Waals surface area contributed by atoms with Crippen molar-refractivity contribution in [1.82, 2.24) is 9.80 Å². The van der Waals surface area contributed by atoms with Crippen molar-refractivity contribution in [1.29, 1.82) is 0 Å². The molecule has 12 nitrogen and oxygen atoms in total. The fourth-order valence-electron chi connectivity index (χ4n) is 3.84. The van der Waals surface area contributed by atoms with Gasteiger partial charge in [0.05, 0.1) is 28.1 Å². The van der Waals surface area contributed by atoms with Gasteiger partial charge in [0.2, 0.25) is 0 Å². The number of nitro benzene ring substituents is 2. The van der Waals surface area contributed by atoms with E-state index >= 15 is 0 Å². The summed E-state index contributed by atoms with van der Waals surface area (Å²) in [7, 11) is 0. The molecule has 2 fully saturated rings. The van der Waals surface area contributed by atoms with Crippen molar-refractivity contribution in [3.63, 3.8) is 0 Å². The number of hydrogen-bond acceptors (Lipinski definition) is 8. The van der Waals surface area contributed by atoms with Crippen molar-refractivity contribution in [2.24, 2.45) is 0 Å². The molecule has 1 aromatic carbocycles. The summed E-state index contributed by atoms with van der Waals surface area (Å²) in [6.07, 6.45) is 0.737. The van der Waals surface area contributed by atoms with Crippen molar-refractivity contribution < 1.29 is 29.3 Å². The Morgan fingerprint density at radius 3 is 2.17 bits per heavy atom. The summed E-state index contributed by atoms with van der Waals surface area (Å²) in [5.41, 5.74) is -2.72. The van der Waals surface area contributed by atoms with E-state index in [1.807, 2.05) is 6.92 Å². The number of carboxylic acid groups (broad SMARTS) is 1. The van der Waals surface area contributed by atoms with Gasteiger partial charge in [0, 0.05) is 38.1 Å². The highest BCUT2D eigenvalue weighted by Gasteiger charge is 2.54. The van der Waals surface area contributed by atoms with Gasteiger partial charge in [-0.15, -0.1) is 0 Å².